The van der Waals surface area contributed by atoms with Gasteiger partial charge in [0, 0.05) is 11.9 Å². The Morgan fingerprint density at radius 2 is 1.82 bits per heavy atom. The van der Waals surface area contributed by atoms with Gasteiger partial charge in [-0.05, 0) is 46.8 Å². The van der Waals surface area contributed by atoms with Crippen molar-refractivity contribution in [3.63, 3.8) is 0 Å². The highest BCUT2D eigenvalue weighted by Gasteiger charge is 2.06. The van der Waals surface area contributed by atoms with Gasteiger partial charge in [0.15, 0.2) is 5.11 Å². The lowest BCUT2D eigenvalue weighted by Crippen LogP contribution is -2.18. The molecule has 4 rings (SSSR count). The number of halogens is 2. The number of hydrogen-bond donors (Lipinski definition) is 2. The van der Waals surface area contributed by atoms with Crippen LogP contribution < -0.4 is 10.6 Å². The summed E-state index contributed by atoms with van der Waals surface area (Å²) in [6.45, 7) is 0.650. The summed E-state index contributed by atoms with van der Waals surface area (Å²) in [5.74, 6) is -0.471. The first-order chi connectivity index (χ1) is 13.6. The summed E-state index contributed by atoms with van der Waals surface area (Å²) in [7, 11) is 0. The number of anilines is 2. The van der Waals surface area contributed by atoms with E-state index in [4.69, 9.17) is 23.8 Å². The maximum absolute atomic E-state index is 13.2. The minimum Gasteiger partial charge on any atom is -0.332 e. The number of hydrogen-bond acceptors (Lipinski definition) is 2. The fourth-order valence-electron chi connectivity index (χ4n) is 2.99. The van der Waals surface area contributed by atoms with Crippen molar-refractivity contribution in [1.82, 2.24) is 9.78 Å². The first-order valence-corrected chi connectivity index (χ1v) is 9.39. The number of nitrogens with zero attached hydrogens (tertiary/aromatic N) is 2. The number of fused-ring (bicyclic) bond motifs is 1. The number of benzene rings is 3. The Bertz CT molecular complexity index is 1150. The molecule has 0 saturated heterocycles. The van der Waals surface area contributed by atoms with E-state index in [-0.39, 0.29) is 5.02 Å². The van der Waals surface area contributed by atoms with Gasteiger partial charge in [-0.25, -0.2) is 4.39 Å². The third-order valence-corrected chi connectivity index (χ3v) is 4.77. The van der Waals surface area contributed by atoms with Crippen LogP contribution in [0.5, 0.6) is 0 Å². The molecule has 0 aliphatic heterocycles. The Kier molecular flexibility index (Phi) is 5.23. The lowest BCUT2D eigenvalue weighted by atomic mass is 10.0. The van der Waals surface area contributed by atoms with Crippen LogP contribution in [0.1, 0.15) is 5.56 Å². The topological polar surface area (TPSA) is 41.9 Å². The summed E-state index contributed by atoms with van der Waals surface area (Å²) in [4.78, 5) is 0. The molecule has 0 aliphatic rings. The SMILES string of the molecule is Fc1ccc(NC(=S)Nc2cnn(Cc3cccc4ccccc34)c2)cc1Cl. The van der Waals surface area contributed by atoms with Gasteiger partial charge in [-0.15, -0.1) is 0 Å². The minimum absolute atomic E-state index is 0.0377. The summed E-state index contributed by atoms with van der Waals surface area (Å²) in [5.41, 5.74) is 2.55. The normalized spacial score (nSPS) is 10.8. The van der Waals surface area contributed by atoms with Gasteiger partial charge in [0.2, 0.25) is 0 Å². The molecule has 140 valence electrons. The number of nitrogens with one attached hydrogen (secondary N) is 2. The second-order valence-electron chi connectivity index (χ2n) is 6.27. The summed E-state index contributed by atoms with van der Waals surface area (Å²) in [6, 6.07) is 18.9. The van der Waals surface area contributed by atoms with Crippen molar-refractivity contribution in [1.29, 1.82) is 0 Å². The predicted octanol–water partition coefficient (Wildman–Crippen LogP) is 5.69. The van der Waals surface area contributed by atoms with E-state index in [1.807, 2.05) is 29.1 Å². The molecule has 0 saturated carbocycles. The second-order valence-corrected chi connectivity index (χ2v) is 7.09. The minimum atomic E-state index is -0.471. The van der Waals surface area contributed by atoms with E-state index >= 15 is 0 Å². The van der Waals surface area contributed by atoms with E-state index in [1.54, 1.807) is 12.3 Å². The molecule has 7 heteroatoms. The van der Waals surface area contributed by atoms with Gasteiger partial charge >= 0.3 is 0 Å². The quantitative estimate of drug-likeness (QED) is 0.424. The van der Waals surface area contributed by atoms with Gasteiger partial charge in [0.05, 0.1) is 23.5 Å². The van der Waals surface area contributed by atoms with Gasteiger partial charge in [-0.2, -0.15) is 5.10 Å². The second kappa shape index (κ2) is 7.96. The molecular weight excluding hydrogens is 395 g/mol. The average Bonchev–Trinajstić information content (AvgIpc) is 3.12. The monoisotopic (exact) mass is 410 g/mol. The first-order valence-electron chi connectivity index (χ1n) is 8.61. The lowest BCUT2D eigenvalue weighted by Gasteiger charge is -2.09. The summed E-state index contributed by atoms with van der Waals surface area (Å²) in [5, 5.41) is 13.3. The van der Waals surface area contributed by atoms with Crippen molar-refractivity contribution in [2.75, 3.05) is 10.6 Å². The molecule has 3 aromatic carbocycles. The van der Waals surface area contributed by atoms with E-state index < -0.39 is 5.82 Å². The lowest BCUT2D eigenvalue weighted by molar-refractivity contribution is 0.628. The molecule has 0 fully saturated rings. The molecule has 4 aromatic rings. The third kappa shape index (κ3) is 4.13. The van der Waals surface area contributed by atoms with Gasteiger partial charge in [-0.3, -0.25) is 4.68 Å². The van der Waals surface area contributed by atoms with Crippen molar-refractivity contribution >= 4 is 51.1 Å². The smallest absolute Gasteiger partial charge is 0.175 e. The fraction of sp³-hybridized carbons (Fsp3) is 0.0476. The maximum Gasteiger partial charge on any atom is 0.175 e. The van der Waals surface area contributed by atoms with Crippen LogP contribution in [0.4, 0.5) is 15.8 Å². The molecule has 28 heavy (non-hydrogen) atoms. The highest BCUT2D eigenvalue weighted by Crippen LogP contribution is 2.21. The molecule has 0 aliphatic carbocycles. The van der Waals surface area contributed by atoms with Crippen LogP contribution in [-0.4, -0.2) is 14.9 Å². The maximum atomic E-state index is 13.2. The summed E-state index contributed by atoms with van der Waals surface area (Å²) < 4.78 is 15.1. The van der Waals surface area contributed by atoms with Gasteiger partial charge in [0.25, 0.3) is 0 Å². The number of aromatic nitrogens is 2. The molecule has 1 heterocycles. The van der Waals surface area contributed by atoms with Crippen molar-refractivity contribution < 1.29 is 4.39 Å². The van der Waals surface area contributed by atoms with E-state index in [1.165, 1.54) is 28.5 Å². The third-order valence-electron chi connectivity index (χ3n) is 4.28. The van der Waals surface area contributed by atoms with Crippen LogP contribution in [0.25, 0.3) is 10.8 Å². The highest BCUT2D eigenvalue weighted by atomic mass is 35.5. The summed E-state index contributed by atoms with van der Waals surface area (Å²) >= 11 is 11.1. The van der Waals surface area contributed by atoms with Crippen molar-refractivity contribution in [2.45, 2.75) is 6.54 Å². The van der Waals surface area contributed by atoms with E-state index in [0.29, 0.717) is 17.3 Å². The van der Waals surface area contributed by atoms with Crippen molar-refractivity contribution in [3.8, 4) is 0 Å². The zero-order valence-electron chi connectivity index (χ0n) is 14.7. The van der Waals surface area contributed by atoms with Gasteiger partial charge < -0.3 is 10.6 Å². The fourth-order valence-corrected chi connectivity index (χ4v) is 3.40. The van der Waals surface area contributed by atoms with E-state index in [9.17, 15) is 4.39 Å². The Labute approximate surface area is 171 Å². The number of thiocarbonyl (C=S) groups is 1. The Morgan fingerprint density at radius 1 is 1.04 bits per heavy atom. The zero-order chi connectivity index (χ0) is 19.5. The molecule has 0 amide bonds. The van der Waals surface area contributed by atoms with E-state index in [0.717, 1.165) is 5.69 Å². The van der Waals surface area contributed by atoms with Crippen LogP contribution in [0.2, 0.25) is 5.02 Å². The standard InChI is InChI=1S/C21H16ClFN4S/c22-19-10-16(8-9-20(19)23)25-21(28)26-17-11-24-27(13-17)12-15-6-3-5-14-4-1-2-7-18(14)15/h1-11,13H,12H2,(H2,25,26,28). The van der Waals surface area contributed by atoms with Crippen LogP contribution >= 0.6 is 23.8 Å². The first kappa shape index (κ1) is 18.4. The van der Waals surface area contributed by atoms with E-state index in [2.05, 4.69) is 40.0 Å². The average molecular weight is 411 g/mol. The number of rotatable bonds is 4. The molecule has 0 spiro atoms. The molecule has 0 radical (unpaired) electrons. The zero-order valence-corrected chi connectivity index (χ0v) is 16.3. The predicted molar refractivity (Wildman–Crippen MR) is 117 cm³/mol. The molecule has 0 bridgehead atoms. The highest BCUT2D eigenvalue weighted by molar-refractivity contribution is 7.80. The van der Waals surface area contributed by atoms with Gasteiger partial charge in [0.1, 0.15) is 5.82 Å². The molecule has 2 N–H and O–H groups in total. The van der Waals surface area contributed by atoms with Gasteiger partial charge in [-0.1, -0.05) is 54.1 Å². The van der Waals surface area contributed by atoms with Crippen LogP contribution in [0.15, 0.2) is 73.1 Å². The molecular formula is C21H16ClFN4S. The molecule has 0 unspecified atom stereocenters. The Balaban J connectivity index is 1.44. The van der Waals surface area contributed by atoms with Crippen LogP contribution in [-0.2, 0) is 6.54 Å². The van der Waals surface area contributed by atoms with Crippen LogP contribution in [0, 0.1) is 5.82 Å². The van der Waals surface area contributed by atoms with Crippen molar-refractivity contribution in [2.24, 2.45) is 0 Å². The van der Waals surface area contributed by atoms with Crippen LogP contribution in [0.3, 0.4) is 0 Å². The largest absolute Gasteiger partial charge is 0.332 e. The van der Waals surface area contributed by atoms with Crippen molar-refractivity contribution in [3.05, 3.63) is 89.5 Å². The molecule has 1 aromatic heterocycles. The summed E-state index contributed by atoms with van der Waals surface area (Å²) in [6.07, 6.45) is 3.59. The molecule has 4 nitrogen and oxygen atoms in total. The molecule has 0 atom stereocenters. The Hall–Kier alpha value is -2.96. The Morgan fingerprint density at radius 3 is 2.68 bits per heavy atom.